The van der Waals surface area contributed by atoms with Crippen LogP contribution in [-0.4, -0.2) is 34.3 Å². The topological polar surface area (TPSA) is 71.4 Å². The monoisotopic (exact) mass is 567 g/mol. The van der Waals surface area contributed by atoms with Crippen molar-refractivity contribution >= 4 is 34.6 Å². The zero-order chi connectivity index (χ0) is 29.3. The second kappa shape index (κ2) is 11.8. The molecule has 2 N–H and O–H groups in total. The molecule has 0 saturated carbocycles. The van der Waals surface area contributed by atoms with E-state index in [0.29, 0.717) is 5.11 Å². The van der Waals surface area contributed by atoms with Gasteiger partial charge in [0.2, 0.25) is 5.91 Å². The Balaban J connectivity index is 1.64. The van der Waals surface area contributed by atoms with Gasteiger partial charge in [0.05, 0.1) is 23.5 Å². The highest BCUT2D eigenvalue weighted by atomic mass is 32.1. The van der Waals surface area contributed by atoms with Gasteiger partial charge in [-0.3, -0.25) is 9.78 Å². The first-order chi connectivity index (χ1) is 19.7. The fraction of sp³-hybridized carbons (Fsp3) is 0.303. The van der Waals surface area contributed by atoms with Gasteiger partial charge in [0.15, 0.2) is 5.11 Å². The van der Waals surface area contributed by atoms with Gasteiger partial charge >= 0.3 is 0 Å². The Morgan fingerprint density at radius 2 is 1.85 bits per heavy atom. The van der Waals surface area contributed by atoms with Gasteiger partial charge in [-0.05, 0) is 105 Å². The molecule has 2 atom stereocenters. The summed E-state index contributed by atoms with van der Waals surface area (Å²) in [7, 11) is 1.51. The summed E-state index contributed by atoms with van der Waals surface area (Å²) >= 11 is 5.99. The molecule has 0 radical (unpaired) electrons. The van der Waals surface area contributed by atoms with Crippen LogP contribution in [0, 0.1) is 27.7 Å². The number of rotatable bonds is 8. The summed E-state index contributed by atoms with van der Waals surface area (Å²) in [6.45, 7) is 10.7. The number of carbonyl (C=O) groups excluding carboxylic acids is 1. The van der Waals surface area contributed by atoms with Crippen LogP contribution in [0.2, 0.25) is 0 Å². The smallest absolute Gasteiger partial charge is 0.250 e. The summed E-state index contributed by atoms with van der Waals surface area (Å²) in [5.74, 6) is -0.190. The first-order valence-electron chi connectivity index (χ1n) is 13.9. The number of hydrogen-bond acceptors (Lipinski definition) is 4. The number of hydrogen-bond donors (Lipinski definition) is 2. The molecule has 0 unspecified atom stereocenters. The van der Waals surface area contributed by atoms with Crippen LogP contribution < -0.4 is 15.5 Å². The second-order valence-corrected chi connectivity index (χ2v) is 11.0. The zero-order valence-corrected chi connectivity index (χ0v) is 25.3. The quantitative estimate of drug-likeness (QED) is 0.239. The average molecular weight is 568 g/mol. The first kappa shape index (κ1) is 28.5. The number of methoxy groups -OCH3 is 1. The van der Waals surface area contributed by atoms with Crippen LogP contribution in [-0.2, 0) is 16.0 Å². The molecule has 4 aromatic rings. The van der Waals surface area contributed by atoms with E-state index in [1.165, 1.54) is 40.9 Å². The number of amides is 1. The Bertz CT molecular complexity index is 1600. The Morgan fingerprint density at radius 3 is 2.54 bits per heavy atom. The minimum absolute atomic E-state index is 0.00536. The molecule has 1 aliphatic heterocycles. The predicted molar refractivity (Wildman–Crippen MR) is 169 cm³/mol. The highest BCUT2D eigenvalue weighted by molar-refractivity contribution is 7.80. The molecular formula is C33H37N5O2S. The van der Waals surface area contributed by atoms with Crippen LogP contribution in [0.25, 0.3) is 5.69 Å². The van der Waals surface area contributed by atoms with E-state index in [-0.39, 0.29) is 24.6 Å². The van der Waals surface area contributed by atoms with Gasteiger partial charge in [0.25, 0.3) is 0 Å². The second-order valence-electron chi connectivity index (χ2n) is 10.6. The highest BCUT2D eigenvalue weighted by Gasteiger charge is 2.42. The molecular weight excluding hydrogens is 530 g/mol. The van der Waals surface area contributed by atoms with Crippen molar-refractivity contribution in [2.75, 3.05) is 23.9 Å². The lowest BCUT2D eigenvalue weighted by Crippen LogP contribution is -2.29. The number of ether oxygens (including phenoxy) is 1. The number of aryl methyl sites for hydroxylation is 4. The van der Waals surface area contributed by atoms with Gasteiger partial charge < -0.3 is 24.8 Å². The number of aromatic nitrogens is 2. The fourth-order valence-corrected chi connectivity index (χ4v) is 6.31. The summed E-state index contributed by atoms with van der Waals surface area (Å²) in [5.41, 5.74) is 10.9. The van der Waals surface area contributed by atoms with Crippen molar-refractivity contribution in [2.24, 2.45) is 0 Å². The molecule has 2 aromatic heterocycles. The predicted octanol–water partition coefficient (Wildman–Crippen LogP) is 6.43. The average Bonchev–Trinajstić information content (AvgIpc) is 3.45. The van der Waals surface area contributed by atoms with Gasteiger partial charge in [-0.2, -0.15) is 0 Å². The molecule has 1 amide bonds. The van der Waals surface area contributed by atoms with E-state index in [1.807, 2.05) is 43.5 Å². The number of carbonyl (C=O) groups is 1. The third-order valence-electron chi connectivity index (χ3n) is 7.85. The summed E-state index contributed by atoms with van der Waals surface area (Å²) in [4.78, 5) is 19.1. The normalized spacial score (nSPS) is 16.6. The van der Waals surface area contributed by atoms with Gasteiger partial charge in [-0.1, -0.05) is 31.2 Å². The van der Waals surface area contributed by atoms with Crippen LogP contribution in [0.4, 0.5) is 11.4 Å². The van der Waals surface area contributed by atoms with E-state index in [2.05, 4.69) is 78.1 Å². The SMILES string of the molecule is CCc1cccc(C)c1-n1c(C)cc([C@@H]2[C@H](c3ccccn3)NC(=S)N2c2ccc(NC(=O)COC)c(C)c2)c1C. The molecule has 0 bridgehead atoms. The lowest BCUT2D eigenvalue weighted by molar-refractivity contribution is -0.119. The molecule has 1 saturated heterocycles. The fourth-order valence-electron chi connectivity index (χ4n) is 5.96. The number of nitrogens with one attached hydrogen (secondary N) is 2. The van der Waals surface area contributed by atoms with Crippen molar-refractivity contribution in [1.29, 1.82) is 0 Å². The molecule has 212 valence electrons. The van der Waals surface area contributed by atoms with E-state index < -0.39 is 0 Å². The van der Waals surface area contributed by atoms with E-state index >= 15 is 0 Å². The molecule has 7 nitrogen and oxygen atoms in total. The number of benzene rings is 2. The van der Waals surface area contributed by atoms with Crippen LogP contribution in [0.15, 0.2) is 66.9 Å². The van der Waals surface area contributed by atoms with Crippen molar-refractivity contribution in [3.05, 3.63) is 106 Å². The summed E-state index contributed by atoms with van der Waals surface area (Å²) in [6.07, 6.45) is 2.78. The maximum absolute atomic E-state index is 12.2. The first-order valence-corrected chi connectivity index (χ1v) is 14.3. The van der Waals surface area contributed by atoms with Crippen molar-refractivity contribution in [2.45, 2.75) is 53.1 Å². The van der Waals surface area contributed by atoms with Crippen LogP contribution in [0.1, 0.15) is 58.3 Å². The third-order valence-corrected chi connectivity index (χ3v) is 8.17. The van der Waals surface area contributed by atoms with E-state index in [0.717, 1.165) is 29.1 Å². The minimum Gasteiger partial charge on any atom is -0.375 e. The molecule has 41 heavy (non-hydrogen) atoms. The molecule has 1 fully saturated rings. The lowest BCUT2D eigenvalue weighted by atomic mass is 9.96. The molecule has 2 aromatic carbocycles. The van der Waals surface area contributed by atoms with E-state index in [4.69, 9.17) is 21.9 Å². The van der Waals surface area contributed by atoms with Gasteiger partial charge in [-0.25, -0.2) is 0 Å². The zero-order valence-electron chi connectivity index (χ0n) is 24.5. The Labute approximate surface area is 247 Å². The standard InChI is InChI=1S/C33H37N5O2S/c1-7-24-12-10-11-20(2)31(24)37-22(4)18-26(23(37)5)32-30(28-13-8-9-16-34-28)36-33(41)38(32)25-14-15-27(21(3)17-25)35-29(39)19-40-6/h8-18,30,32H,7,19H2,1-6H3,(H,35,39)(H,36,41)/t30-,32+/m0/s1. The van der Waals surface area contributed by atoms with Crippen molar-refractivity contribution in [3.63, 3.8) is 0 Å². The Hall–Kier alpha value is -4.01. The number of thiocarbonyl (C=S) groups is 1. The number of nitrogens with zero attached hydrogens (tertiary/aromatic N) is 3. The summed E-state index contributed by atoms with van der Waals surface area (Å²) in [6, 6.07) is 20.5. The maximum Gasteiger partial charge on any atom is 0.250 e. The highest BCUT2D eigenvalue weighted by Crippen LogP contribution is 2.44. The number of pyridine rings is 1. The van der Waals surface area contributed by atoms with Crippen molar-refractivity contribution in [1.82, 2.24) is 14.9 Å². The molecule has 5 rings (SSSR count). The molecule has 1 aliphatic rings. The Morgan fingerprint density at radius 1 is 1.05 bits per heavy atom. The lowest BCUT2D eigenvalue weighted by Gasteiger charge is -2.29. The van der Waals surface area contributed by atoms with Crippen LogP contribution in [0.5, 0.6) is 0 Å². The van der Waals surface area contributed by atoms with Gasteiger partial charge in [-0.15, -0.1) is 0 Å². The van der Waals surface area contributed by atoms with E-state index in [1.54, 1.807) is 0 Å². The van der Waals surface area contributed by atoms with Gasteiger partial charge in [0.1, 0.15) is 6.61 Å². The van der Waals surface area contributed by atoms with Crippen molar-refractivity contribution in [3.8, 4) is 5.69 Å². The minimum atomic E-state index is -0.190. The largest absolute Gasteiger partial charge is 0.375 e. The number of anilines is 2. The van der Waals surface area contributed by atoms with E-state index in [9.17, 15) is 4.79 Å². The summed E-state index contributed by atoms with van der Waals surface area (Å²) in [5, 5.41) is 7.14. The molecule has 8 heteroatoms. The molecule has 0 aliphatic carbocycles. The third kappa shape index (κ3) is 5.37. The Kier molecular flexibility index (Phi) is 8.24. The van der Waals surface area contributed by atoms with Gasteiger partial charge in [0, 0.05) is 36.1 Å². The molecule has 3 heterocycles. The van der Waals surface area contributed by atoms with Crippen molar-refractivity contribution < 1.29 is 9.53 Å². The molecule has 0 spiro atoms. The summed E-state index contributed by atoms with van der Waals surface area (Å²) < 4.78 is 7.36. The maximum atomic E-state index is 12.2. The van der Waals surface area contributed by atoms with Crippen LogP contribution >= 0.6 is 12.2 Å². The number of para-hydroxylation sites is 1. The van der Waals surface area contributed by atoms with Crippen LogP contribution in [0.3, 0.4) is 0 Å².